The van der Waals surface area contributed by atoms with E-state index in [0.717, 1.165) is 18.9 Å². The molecule has 1 saturated heterocycles. The van der Waals surface area contributed by atoms with Crippen LogP contribution in [0.15, 0.2) is 15.4 Å². The SMILES string of the molecule is Cc1oc(C(=O)NC(C)C2CCCO2)cc1S(N)(=O)=O. The third-order valence-corrected chi connectivity index (χ3v) is 4.30. The maximum Gasteiger partial charge on any atom is 0.287 e. The van der Waals surface area contributed by atoms with Gasteiger partial charge in [0.2, 0.25) is 10.0 Å². The minimum absolute atomic E-state index is 0.0206. The van der Waals surface area contributed by atoms with Crippen molar-refractivity contribution in [3.05, 3.63) is 17.6 Å². The van der Waals surface area contributed by atoms with Gasteiger partial charge in [-0.1, -0.05) is 0 Å². The molecule has 3 N–H and O–H groups in total. The summed E-state index contributed by atoms with van der Waals surface area (Å²) in [6.45, 7) is 3.98. The highest BCUT2D eigenvalue weighted by Crippen LogP contribution is 2.20. The highest BCUT2D eigenvalue weighted by Gasteiger charge is 2.26. The number of hydrogen-bond acceptors (Lipinski definition) is 5. The minimum Gasteiger partial charge on any atom is -0.455 e. The molecule has 2 atom stereocenters. The van der Waals surface area contributed by atoms with Gasteiger partial charge in [-0.25, -0.2) is 13.6 Å². The normalized spacial score (nSPS) is 20.9. The molecule has 1 aliphatic heterocycles. The molecule has 2 heterocycles. The first kappa shape index (κ1) is 15.0. The summed E-state index contributed by atoms with van der Waals surface area (Å²) < 4.78 is 33.2. The molecule has 0 bridgehead atoms. The lowest BCUT2D eigenvalue weighted by molar-refractivity contribution is 0.0696. The quantitative estimate of drug-likeness (QED) is 0.842. The number of primary sulfonamides is 1. The van der Waals surface area contributed by atoms with Gasteiger partial charge in [0, 0.05) is 12.7 Å². The van der Waals surface area contributed by atoms with Gasteiger partial charge in [-0.2, -0.15) is 0 Å². The summed E-state index contributed by atoms with van der Waals surface area (Å²) >= 11 is 0. The van der Waals surface area contributed by atoms with Crippen LogP contribution in [0.4, 0.5) is 0 Å². The van der Waals surface area contributed by atoms with Gasteiger partial charge in [0.05, 0.1) is 12.1 Å². The Morgan fingerprint density at radius 1 is 1.55 bits per heavy atom. The standard InChI is InChI=1S/C12H18N2O5S/c1-7(9-4-3-5-18-9)14-12(15)10-6-11(8(2)19-10)20(13,16)17/h6-7,9H,3-5H2,1-2H3,(H,14,15)(H2,13,16,17). The van der Waals surface area contributed by atoms with E-state index >= 15 is 0 Å². The zero-order chi connectivity index (χ0) is 14.9. The number of rotatable bonds is 4. The van der Waals surface area contributed by atoms with Crippen molar-refractivity contribution in [3.63, 3.8) is 0 Å². The van der Waals surface area contributed by atoms with E-state index in [-0.39, 0.29) is 28.6 Å². The summed E-state index contributed by atoms with van der Waals surface area (Å²) in [5, 5.41) is 7.77. The first-order chi connectivity index (χ1) is 9.29. The first-order valence-corrected chi connectivity index (χ1v) is 7.89. The van der Waals surface area contributed by atoms with Crippen LogP contribution < -0.4 is 10.5 Å². The predicted molar refractivity (Wildman–Crippen MR) is 70.7 cm³/mol. The number of carbonyl (C=O) groups excluding carboxylic acids is 1. The van der Waals surface area contributed by atoms with E-state index in [1.54, 1.807) is 0 Å². The van der Waals surface area contributed by atoms with Crippen LogP contribution in [0.1, 0.15) is 36.1 Å². The topological polar surface area (TPSA) is 112 Å². The number of amides is 1. The summed E-state index contributed by atoms with van der Waals surface area (Å²) in [5.41, 5.74) is 0. The smallest absolute Gasteiger partial charge is 0.287 e. The fourth-order valence-corrected chi connectivity index (χ4v) is 2.94. The fraction of sp³-hybridized carbons (Fsp3) is 0.583. The number of carbonyl (C=O) groups is 1. The number of hydrogen-bond donors (Lipinski definition) is 2. The fourth-order valence-electron chi connectivity index (χ4n) is 2.23. The van der Waals surface area contributed by atoms with Crippen LogP contribution in [0.2, 0.25) is 0 Å². The molecular weight excluding hydrogens is 284 g/mol. The maximum atomic E-state index is 12.0. The van der Waals surface area contributed by atoms with Gasteiger partial charge in [0.25, 0.3) is 5.91 Å². The van der Waals surface area contributed by atoms with E-state index < -0.39 is 15.9 Å². The van der Waals surface area contributed by atoms with E-state index in [2.05, 4.69) is 5.32 Å². The highest BCUT2D eigenvalue weighted by atomic mass is 32.2. The molecule has 1 fully saturated rings. The summed E-state index contributed by atoms with van der Waals surface area (Å²) in [5.74, 6) is -0.454. The Kier molecular flexibility index (Phi) is 4.17. The minimum atomic E-state index is -3.89. The molecule has 2 unspecified atom stereocenters. The molecule has 8 heteroatoms. The van der Waals surface area contributed by atoms with Gasteiger partial charge in [-0.05, 0) is 26.7 Å². The zero-order valence-corrected chi connectivity index (χ0v) is 12.2. The number of aryl methyl sites for hydroxylation is 1. The molecule has 2 rings (SSSR count). The van der Waals surface area contributed by atoms with Gasteiger partial charge in [0.1, 0.15) is 10.7 Å². The average Bonchev–Trinajstić information content (AvgIpc) is 2.95. The Hall–Kier alpha value is -1.38. The van der Waals surface area contributed by atoms with Crippen LogP contribution >= 0.6 is 0 Å². The van der Waals surface area contributed by atoms with Crippen LogP contribution in [0.25, 0.3) is 0 Å². The van der Waals surface area contributed by atoms with Crippen molar-refractivity contribution < 1.29 is 22.4 Å². The second kappa shape index (κ2) is 5.55. The van der Waals surface area contributed by atoms with Crippen molar-refractivity contribution in [3.8, 4) is 0 Å². The molecular formula is C12H18N2O5S. The monoisotopic (exact) mass is 302 g/mol. The number of nitrogens with one attached hydrogen (secondary N) is 1. The van der Waals surface area contributed by atoms with Crippen LogP contribution in [-0.4, -0.2) is 33.1 Å². The van der Waals surface area contributed by atoms with Gasteiger partial charge >= 0.3 is 0 Å². The van der Waals surface area contributed by atoms with Gasteiger partial charge in [-0.3, -0.25) is 4.79 Å². The lowest BCUT2D eigenvalue weighted by Crippen LogP contribution is -2.40. The average molecular weight is 302 g/mol. The first-order valence-electron chi connectivity index (χ1n) is 6.34. The van der Waals surface area contributed by atoms with E-state index in [4.69, 9.17) is 14.3 Å². The highest BCUT2D eigenvalue weighted by molar-refractivity contribution is 7.89. The molecule has 1 aromatic heterocycles. The molecule has 20 heavy (non-hydrogen) atoms. The molecule has 0 spiro atoms. The number of furan rings is 1. The van der Waals surface area contributed by atoms with Crippen LogP contribution in [0.5, 0.6) is 0 Å². The second-order valence-corrected chi connectivity index (χ2v) is 6.42. The number of sulfonamides is 1. The van der Waals surface area contributed by atoms with Crippen molar-refractivity contribution in [2.45, 2.75) is 43.7 Å². The second-order valence-electron chi connectivity index (χ2n) is 4.89. The Balaban J connectivity index is 2.10. The molecule has 112 valence electrons. The van der Waals surface area contributed by atoms with Gasteiger partial charge in [0.15, 0.2) is 5.76 Å². The predicted octanol–water partition coefficient (Wildman–Crippen LogP) is 0.533. The molecule has 0 saturated carbocycles. The summed E-state index contributed by atoms with van der Waals surface area (Å²) in [6.07, 6.45) is 1.84. The lowest BCUT2D eigenvalue weighted by atomic mass is 10.1. The van der Waals surface area contributed by atoms with E-state index in [0.29, 0.717) is 6.61 Å². The Bertz CT molecular complexity index is 601. The molecule has 0 radical (unpaired) electrons. The number of ether oxygens (including phenoxy) is 1. The summed E-state index contributed by atoms with van der Waals surface area (Å²) in [4.78, 5) is 11.8. The Labute approximate surface area is 117 Å². The molecule has 1 aromatic rings. The third-order valence-electron chi connectivity index (χ3n) is 3.28. The van der Waals surface area contributed by atoms with E-state index in [1.165, 1.54) is 6.92 Å². The molecule has 7 nitrogen and oxygen atoms in total. The van der Waals surface area contributed by atoms with Crippen molar-refractivity contribution in [2.24, 2.45) is 5.14 Å². The Morgan fingerprint density at radius 2 is 2.25 bits per heavy atom. The third kappa shape index (κ3) is 3.20. The van der Waals surface area contributed by atoms with Crippen LogP contribution in [0, 0.1) is 6.92 Å². The molecule has 0 aliphatic carbocycles. The zero-order valence-electron chi connectivity index (χ0n) is 11.4. The van der Waals surface area contributed by atoms with Crippen LogP contribution in [-0.2, 0) is 14.8 Å². The lowest BCUT2D eigenvalue weighted by Gasteiger charge is -2.19. The molecule has 1 amide bonds. The summed E-state index contributed by atoms with van der Waals surface area (Å²) in [6, 6.07) is 0.968. The van der Waals surface area contributed by atoms with E-state index in [9.17, 15) is 13.2 Å². The Morgan fingerprint density at radius 3 is 2.75 bits per heavy atom. The number of nitrogens with two attached hydrogens (primary N) is 1. The largest absolute Gasteiger partial charge is 0.455 e. The molecule has 0 aromatic carbocycles. The van der Waals surface area contributed by atoms with Crippen molar-refractivity contribution >= 4 is 15.9 Å². The van der Waals surface area contributed by atoms with Crippen molar-refractivity contribution in [1.29, 1.82) is 0 Å². The van der Waals surface area contributed by atoms with Gasteiger partial charge < -0.3 is 14.5 Å². The van der Waals surface area contributed by atoms with Crippen molar-refractivity contribution in [2.75, 3.05) is 6.61 Å². The maximum absolute atomic E-state index is 12.0. The van der Waals surface area contributed by atoms with E-state index in [1.807, 2.05) is 6.92 Å². The van der Waals surface area contributed by atoms with Crippen molar-refractivity contribution in [1.82, 2.24) is 5.32 Å². The summed E-state index contributed by atoms with van der Waals surface area (Å²) in [7, 11) is -3.89. The van der Waals surface area contributed by atoms with Crippen LogP contribution in [0.3, 0.4) is 0 Å². The molecule has 1 aliphatic rings. The van der Waals surface area contributed by atoms with Gasteiger partial charge in [-0.15, -0.1) is 0 Å².